The van der Waals surface area contributed by atoms with Crippen LogP contribution in [0.4, 0.5) is 11.4 Å². The number of benzene rings is 3. The summed E-state index contributed by atoms with van der Waals surface area (Å²) in [6.07, 6.45) is 0. The molecule has 4 rings (SSSR count). The second-order valence-electron chi connectivity index (χ2n) is 7.13. The van der Waals surface area contributed by atoms with Crippen LogP contribution in [0.3, 0.4) is 0 Å². The van der Waals surface area contributed by atoms with Gasteiger partial charge in [0, 0.05) is 11.3 Å². The molecule has 1 heterocycles. The fraction of sp³-hybridized carbons (Fsp3) is 0.167. The predicted molar refractivity (Wildman–Crippen MR) is 120 cm³/mol. The lowest BCUT2D eigenvalue weighted by Crippen LogP contribution is -2.14. The molecule has 32 heavy (non-hydrogen) atoms. The van der Waals surface area contributed by atoms with Crippen LogP contribution in [0.25, 0.3) is 0 Å². The summed E-state index contributed by atoms with van der Waals surface area (Å²) in [6, 6.07) is 13.5. The van der Waals surface area contributed by atoms with Crippen molar-refractivity contribution in [3.8, 4) is 28.7 Å². The molecule has 0 aliphatic carbocycles. The Bertz CT molecular complexity index is 1200. The predicted octanol–water partition coefficient (Wildman–Crippen LogP) is 4.63. The van der Waals surface area contributed by atoms with Crippen LogP contribution in [0.15, 0.2) is 48.5 Å². The molecule has 0 bridgehead atoms. The van der Waals surface area contributed by atoms with Crippen molar-refractivity contribution in [2.75, 3.05) is 32.0 Å². The second-order valence-corrected chi connectivity index (χ2v) is 7.13. The van der Waals surface area contributed by atoms with Crippen LogP contribution < -0.4 is 29.6 Å². The van der Waals surface area contributed by atoms with E-state index in [0.29, 0.717) is 51.2 Å². The quantitative estimate of drug-likeness (QED) is 0.608. The summed E-state index contributed by atoms with van der Waals surface area (Å²) in [5.41, 5.74) is 2.63. The minimum atomic E-state index is -0.405. The Balaban J connectivity index is 1.62. The third-order valence-electron chi connectivity index (χ3n) is 5.01. The maximum absolute atomic E-state index is 12.9. The number of carbonyl (C=O) groups excluding carboxylic acids is 2. The van der Waals surface area contributed by atoms with Crippen LogP contribution in [0.5, 0.6) is 28.7 Å². The lowest BCUT2D eigenvalue weighted by Gasteiger charge is -2.14. The monoisotopic (exact) mass is 434 g/mol. The second kappa shape index (κ2) is 8.50. The molecule has 8 heteroatoms. The highest BCUT2D eigenvalue weighted by Crippen LogP contribution is 2.39. The molecule has 0 saturated heterocycles. The zero-order valence-electron chi connectivity index (χ0n) is 18.1. The van der Waals surface area contributed by atoms with Crippen molar-refractivity contribution < 1.29 is 28.5 Å². The lowest BCUT2D eigenvalue weighted by atomic mass is 10.1. The molecule has 0 spiro atoms. The molecule has 0 atom stereocenters. The molecule has 3 aromatic rings. The number of nitrogens with one attached hydrogen (secondary N) is 2. The van der Waals surface area contributed by atoms with E-state index in [-0.39, 0.29) is 5.91 Å². The van der Waals surface area contributed by atoms with Crippen molar-refractivity contribution in [2.24, 2.45) is 0 Å². The average Bonchev–Trinajstić information content (AvgIpc) is 2.93. The highest BCUT2D eigenvalue weighted by Gasteiger charge is 2.22. The molecular weight excluding hydrogens is 412 g/mol. The van der Waals surface area contributed by atoms with Gasteiger partial charge >= 0.3 is 0 Å². The molecule has 2 amide bonds. The van der Waals surface area contributed by atoms with Gasteiger partial charge in [-0.2, -0.15) is 0 Å². The van der Waals surface area contributed by atoms with E-state index in [2.05, 4.69) is 10.6 Å². The zero-order chi connectivity index (χ0) is 22.8. The maximum Gasteiger partial charge on any atom is 0.259 e. The Hall–Kier alpha value is -4.20. The van der Waals surface area contributed by atoms with Crippen LogP contribution in [0, 0.1) is 6.92 Å². The molecule has 1 aliphatic rings. The van der Waals surface area contributed by atoms with Crippen LogP contribution in [-0.2, 0) is 0 Å². The fourth-order valence-corrected chi connectivity index (χ4v) is 3.43. The van der Waals surface area contributed by atoms with E-state index in [9.17, 15) is 9.59 Å². The minimum absolute atomic E-state index is 0.304. The van der Waals surface area contributed by atoms with Crippen LogP contribution in [0.2, 0.25) is 0 Å². The molecule has 3 aromatic carbocycles. The Morgan fingerprint density at radius 3 is 2.25 bits per heavy atom. The minimum Gasteiger partial charge on any atom is -0.493 e. The first-order valence-electron chi connectivity index (χ1n) is 9.78. The normalized spacial score (nSPS) is 11.8. The number of hydrogen-bond acceptors (Lipinski definition) is 6. The summed E-state index contributed by atoms with van der Waals surface area (Å²) in [6.45, 7) is 1.93. The number of anilines is 2. The summed E-state index contributed by atoms with van der Waals surface area (Å²) >= 11 is 0. The molecule has 1 aliphatic heterocycles. The Labute approximate surface area is 185 Å². The summed E-state index contributed by atoms with van der Waals surface area (Å²) < 4.78 is 21.8. The topological polar surface area (TPSA) is 95.1 Å². The third-order valence-corrected chi connectivity index (χ3v) is 5.01. The van der Waals surface area contributed by atoms with Gasteiger partial charge in [0.1, 0.15) is 5.75 Å². The van der Waals surface area contributed by atoms with Crippen LogP contribution in [-0.4, -0.2) is 33.1 Å². The van der Waals surface area contributed by atoms with Crippen molar-refractivity contribution in [1.29, 1.82) is 0 Å². The molecule has 2 N–H and O–H groups in total. The Morgan fingerprint density at radius 1 is 0.906 bits per heavy atom. The molecule has 8 nitrogen and oxygen atoms in total. The summed E-state index contributed by atoms with van der Waals surface area (Å²) in [5.74, 6) is 1.33. The number of amides is 2. The third kappa shape index (κ3) is 3.90. The van der Waals surface area contributed by atoms with Gasteiger partial charge < -0.3 is 29.6 Å². The van der Waals surface area contributed by atoms with E-state index < -0.39 is 5.91 Å². The van der Waals surface area contributed by atoms with E-state index in [0.717, 1.165) is 5.56 Å². The van der Waals surface area contributed by atoms with Crippen molar-refractivity contribution in [3.63, 3.8) is 0 Å². The van der Waals surface area contributed by atoms with Gasteiger partial charge in [0.05, 0.1) is 32.6 Å². The van der Waals surface area contributed by atoms with E-state index >= 15 is 0 Å². The maximum atomic E-state index is 12.9. The van der Waals surface area contributed by atoms with Gasteiger partial charge in [-0.05, 0) is 55.0 Å². The number of hydrogen-bond donors (Lipinski definition) is 2. The molecule has 0 aromatic heterocycles. The molecule has 0 fully saturated rings. The highest BCUT2D eigenvalue weighted by atomic mass is 16.5. The van der Waals surface area contributed by atoms with Gasteiger partial charge in [-0.3, -0.25) is 9.59 Å². The number of methoxy groups -OCH3 is 3. The first kappa shape index (κ1) is 21.0. The first-order chi connectivity index (χ1) is 15.4. The van der Waals surface area contributed by atoms with Crippen molar-refractivity contribution >= 4 is 23.2 Å². The smallest absolute Gasteiger partial charge is 0.259 e. The molecule has 0 radical (unpaired) electrons. The van der Waals surface area contributed by atoms with Crippen molar-refractivity contribution in [2.45, 2.75) is 6.92 Å². The number of rotatable bonds is 5. The largest absolute Gasteiger partial charge is 0.493 e. The summed E-state index contributed by atoms with van der Waals surface area (Å²) in [7, 11) is 4.44. The number of carbonyl (C=O) groups is 2. The molecule has 164 valence electrons. The average molecular weight is 434 g/mol. The Morgan fingerprint density at radius 2 is 1.59 bits per heavy atom. The van der Waals surface area contributed by atoms with E-state index in [4.69, 9.17) is 18.9 Å². The van der Waals surface area contributed by atoms with E-state index in [1.165, 1.54) is 21.3 Å². The number of fused-ring (bicyclic) bond motifs is 2. The SMILES string of the molecule is COc1cc(C(=O)Nc2ccc3c(c2)C(=O)Nc2cc(C)ccc2O3)cc(OC)c1OC. The number of aryl methyl sites for hydroxylation is 1. The van der Waals surface area contributed by atoms with Gasteiger partial charge in [-0.15, -0.1) is 0 Å². The highest BCUT2D eigenvalue weighted by molar-refractivity contribution is 6.10. The van der Waals surface area contributed by atoms with Gasteiger partial charge in [0.25, 0.3) is 11.8 Å². The molecular formula is C24H22N2O6. The van der Waals surface area contributed by atoms with Crippen molar-refractivity contribution in [1.82, 2.24) is 0 Å². The number of ether oxygens (including phenoxy) is 4. The molecule has 0 unspecified atom stereocenters. The van der Waals surface area contributed by atoms with Gasteiger partial charge in [0.2, 0.25) is 5.75 Å². The fourth-order valence-electron chi connectivity index (χ4n) is 3.43. The summed E-state index contributed by atoms with van der Waals surface area (Å²) in [5, 5.41) is 5.64. The van der Waals surface area contributed by atoms with Crippen LogP contribution >= 0.6 is 0 Å². The van der Waals surface area contributed by atoms with E-state index in [1.807, 2.05) is 19.1 Å². The van der Waals surface area contributed by atoms with Crippen LogP contribution in [0.1, 0.15) is 26.3 Å². The van der Waals surface area contributed by atoms with Crippen molar-refractivity contribution in [3.05, 3.63) is 65.2 Å². The zero-order valence-corrected chi connectivity index (χ0v) is 18.1. The standard InChI is InChI=1S/C24H22N2O6/c1-13-5-7-19-17(9-13)26-24(28)16-12-15(6-8-18(16)32-19)25-23(27)14-10-20(29-2)22(31-4)21(11-14)30-3/h5-12H,1-4H3,(H,25,27)(H,26,28). The first-order valence-corrected chi connectivity index (χ1v) is 9.78. The summed E-state index contributed by atoms with van der Waals surface area (Å²) in [4.78, 5) is 25.7. The molecule has 0 saturated carbocycles. The Kier molecular flexibility index (Phi) is 5.59. The lowest BCUT2D eigenvalue weighted by molar-refractivity contribution is 0.101. The van der Waals surface area contributed by atoms with Gasteiger partial charge in [0.15, 0.2) is 17.2 Å². The van der Waals surface area contributed by atoms with E-state index in [1.54, 1.807) is 36.4 Å². The van der Waals surface area contributed by atoms with Gasteiger partial charge in [-0.1, -0.05) is 6.07 Å². The van der Waals surface area contributed by atoms with Gasteiger partial charge in [-0.25, -0.2) is 0 Å².